The monoisotopic (exact) mass is 344 g/mol. The number of hydrogen-bond donors (Lipinski definition) is 1. The lowest BCUT2D eigenvalue weighted by molar-refractivity contribution is 0.104. The molecule has 0 aromatic heterocycles. The van der Waals surface area contributed by atoms with Crippen LogP contribution in [-0.2, 0) is 0 Å². The number of carbonyl (C=O) groups excluding carboxylic acids is 1. The van der Waals surface area contributed by atoms with Gasteiger partial charge in [0.05, 0.1) is 34.0 Å². The summed E-state index contributed by atoms with van der Waals surface area (Å²) < 4.78 is 20.9. The molecule has 0 saturated carbocycles. The molecule has 0 saturated heterocycles. The molecule has 0 fully saturated rings. The van der Waals surface area contributed by atoms with E-state index < -0.39 is 0 Å². The van der Waals surface area contributed by atoms with Crippen molar-refractivity contribution in [3.8, 4) is 28.7 Å². The first-order valence-electron chi connectivity index (χ1n) is 7.44. The number of phenolic OH excluding ortho intramolecular Hbond substituents is 1. The van der Waals surface area contributed by atoms with Gasteiger partial charge in [0.1, 0.15) is 11.5 Å². The van der Waals surface area contributed by atoms with Crippen LogP contribution in [0.5, 0.6) is 28.7 Å². The van der Waals surface area contributed by atoms with E-state index in [2.05, 4.69) is 0 Å². The van der Waals surface area contributed by atoms with Crippen molar-refractivity contribution in [2.24, 2.45) is 0 Å². The smallest absolute Gasteiger partial charge is 0.203 e. The molecular weight excluding hydrogens is 324 g/mol. The van der Waals surface area contributed by atoms with Crippen molar-refractivity contribution < 1.29 is 28.8 Å². The van der Waals surface area contributed by atoms with Gasteiger partial charge in [-0.25, -0.2) is 0 Å². The third-order valence-electron chi connectivity index (χ3n) is 3.62. The second kappa shape index (κ2) is 8.10. The molecule has 1 N–H and O–H groups in total. The first-order chi connectivity index (χ1) is 12.0. The average Bonchev–Trinajstić information content (AvgIpc) is 2.64. The molecule has 0 aliphatic rings. The van der Waals surface area contributed by atoms with E-state index in [-0.39, 0.29) is 17.1 Å². The number of phenols is 1. The van der Waals surface area contributed by atoms with Gasteiger partial charge in [-0.05, 0) is 36.4 Å². The van der Waals surface area contributed by atoms with Crippen LogP contribution in [0.3, 0.4) is 0 Å². The summed E-state index contributed by atoms with van der Waals surface area (Å²) in [6.07, 6.45) is 2.94. The van der Waals surface area contributed by atoms with Gasteiger partial charge in [0, 0.05) is 11.6 Å². The largest absolute Gasteiger partial charge is 0.507 e. The zero-order valence-electron chi connectivity index (χ0n) is 14.5. The van der Waals surface area contributed by atoms with Crippen molar-refractivity contribution in [2.45, 2.75) is 0 Å². The summed E-state index contributed by atoms with van der Waals surface area (Å²) in [5.41, 5.74) is 0.818. The minimum absolute atomic E-state index is 0.145. The second-order valence-corrected chi connectivity index (χ2v) is 5.00. The zero-order chi connectivity index (χ0) is 18.4. The van der Waals surface area contributed by atoms with Crippen LogP contribution in [-0.4, -0.2) is 39.3 Å². The Morgan fingerprint density at radius 2 is 1.64 bits per heavy atom. The highest BCUT2D eigenvalue weighted by Gasteiger charge is 2.15. The van der Waals surface area contributed by atoms with E-state index in [1.807, 2.05) is 0 Å². The molecule has 25 heavy (non-hydrogen) atoms. The Labute approximate surface area is 146 Å². The van der Waals surface area contributed by atoms with Crippen LogP contribution in [0.4, 0.5) is 0 Å². The maximum Gasteiger partial charge on any atom is 0.203 e. The minimum Gasteiger partial charge on any atom is -0.507 e. The quantitative estimate of drug-likeness (QED) is 0.613. The molecular formula is C19H20O6. The number of allylic oxidation sites excluding steroid dienone is 1. The highest BCUT2D eigenvalue weighted by molar-refractivity contribution is 6.08. The molecule has 0 radical (unpaired) electrons. The molecule has 132 valence electrons. The number of rotatable bonds is 7. The number of hydrogen-bond acceptors (Lipinski definition) is 6. The predicted octanol–water partition coefficient (Wildman–Crippen LogP) is 3.32. The summed E-state index contributed by atoms with van der Waals surface area (Å²) in [5, 5.41) is 9.95. The number of ether oxygens (including phenoxy) is 4. The van der Waals surface area contributed by atoms with E-state index in [0.29, 0.717) is 28.6 Å². The summed E-state index contributed by atoms with van der Waals surface area (Å²) in [7, 11) is 6.03. The van der Waals surface area contributed by atoms with Gasteiger partial charge in [-0.2, -0.15) is 0 Å². The predicted molar refractivity (Wildman–Crippen MR) is 94.1 cm³/mol. The first-order valence-corrected chi connectivity index (χ1v) is 7.44. The van der Waals surface area contributed by atoms with E-state index in [1.54, 1.807) is 24.3 Å². The normalized spacial score (nSPS) is 10.6. The van der Waals surface area contributed by atoms with Crippen molar-refractivity contribution in [3.63, 3.8) is 0 Å². The van der Waals surface area contributed by atoms with Gasteiger partial charge in [0.2, 0.25) is 5.75 Å². The molecule has 6 nitrogen and oxygen atoms in total. The van der Waals surface area contributed by atoms with Gasteiger partial charge in [-0.3, -0.25) is 4.79 Å². The number of ketones is 1. The minimum atomic E-state index is -0.350. The summed E-state index contributed by atoms with van der Waals surface area (Å²) in [4.78, 5) is 12.3. The molecule has 0 amide bonds. The molecule has 0 bridgehead atoms. The fourth-order valence-corrected chi connectivity index (χ4v) is 2.36. The number of carbonyl (C=O) groups is 1. The molecule has 2 aromatic carbocycles. The van der Waals surface area contributed by atoms with E-state index in [0.717, 1.165) is 0 Å². The molecule has 0 aliphatic carbocycles. The van der Waals surface area contributed by atoms with E-state index in [9.17, 15) is 9.90 Å². The molecule has 0 heterocycles. The van der Waals surface area contributed by atoms with Crippen LogP contribution >= 0.6 is 0 Å². The maximum atomic E-state index is 12.3. The SMILES string of the molecule is COc1ccc(C(=O)/C=C/c2ccc(OC)c(OC)c2OC)c(O)c1. The van der Waals surface area contributed by atoms with Crippen LogP contribution in [0.25, 0.3) is 6.08 Å². The van der Waals surface area contributed by atoms with Crippen LogP contribution in [0.1, 0.15) is 15.9 Å². The van der Waals surface area contributed by atoms with Gasteiger partial charge < -0.3 is 24.1 Å². The van der Waals surface area contributed by atoms with Gasteiger partial charge in [-0.1, -0.05) is 0 Å². The highest BCUT2D eigenvalue weighted by atomic mass is 16.5. The van der Waals surface area contributed by atoms with E-state index in [1.165, 1.54) is 46.6 Å². The van der Waals surface area contributed by atoms with E-state index in [4.69, 9.17) is 18.9 Å². The summed E-state index contributed by atoms with van der Waals surface area (Å²) >= 11 is 0. The Morgan fingerprint density at radius 3 is 2.20 bits per heavy atom. The molecule has 0 atom stereocenters. The Hall–Kier alpha value is -3.15. The molecule has 0 aliphatic heterocycles. The topological polar surface area (TPSA) is 74.2 Å². The molecule has 2 aromatic rings. The molecule has 0 unspecified atom stereocenters. The fourth-order valence-electron chi connectivity index (χ4n) is 2.36. The molecule has 2 rings (SSSR count). The average molecular weight is 344 g/mol. The Balaban J connectivity index is 2.34. The van der Waals surface area contributed by atoms with Crippen LogP contribution in [0.15, 0.2) is 36.4 Å². The lowest BCUT2D eigenvalue weighted by atomic mass is 10.1. The Morgan fingerprint density at radius 1 is 0.920 bits per heavy atom. The number of aromatic hydroxyl groups is 1. The fraction of sp³-hybridized carbons (Fsp3) is 0.211. The van der Waals surface area contributed by atoms with Crippen molar-refractivity contribution in [1.29, 1.82) is 0 Å². The van der Waals surface area contributed by atoms with Crippen molar-refractivity contribution >= 4 is 11.9 Å². The first kappa shape index (κ1) is 18.2. The van der Waals surface area contributed by atoms with Gasteiger partial charge in [-0.15, -0.1) is 0 Å². The van der Waals surface area contributed by atoms with Gasteiger partial charge in [0.15, 0.2) is 17.3 Å². The maximum absolute atomic E-state index is 12.3. The highest BCUT2D eigenvalue weighted by Crippen LogP contribution is 2.40. The second-order valence-electron chi connectivity index (χ2n) is 5.00. The molecule has 0 spiro atoms. The summed E-state index contributed by atoms with van der Waals surface area (Å²) in [6.45, 7) is 0. The number of benzene rings is 2. The lowest BCUT2D eigenvalue weighted by Crippen LogP contribution is -1.98. The zero-order valence-corrected chi connectivity index (χ0v) is 14.5. The lowest BCUT2D eigenvalue weighted by Gasteiger charge is -2.14. The Bertz CT molecular complexity index is 795. The van der Waals surface area contributed by atoms with Gasteiger partial charge in [0.25, 0.3) is 0 Å². The molecule has 6 heteroatoms. The van der Waals surface area contributed by atoms with Crippen LogP contribution < -0.4 is 18.9 Å². The van der Waals surface area contributed by atoms with Crippen LogP contribution in [0, 0.1) is 0 Å². The van der Waals surface area contributed by atoms with Crippen molar-refractivity contribution in [2.75, 3.05) is 28.4 Å². The summed E-state index contributed by atoms with van der Waals surface area (Å²) in [5.74, 6) is 1.39. The standard InChI is InChI=1S/C19H20O6/c1-22-13-7-8-14(16(21)11-13)15(20)9-5-12-6-10-17(23-2)19(25-4)18(12)24-3/h5-11,21H,1-4H3/b9-5+. The van der Waals surface area contributed by atoms with E-state index >= 15 is 0 Å². The van der Waals surface area contributed by atoms with Crippen molar-refractivity contribution in [3.05, 3.63) is 47.5 Å². The number of methoxy groups -OCH3 is 4. The third-order valence-corrected chi connectivity index (χ3v) is 3.62. The Kier molecular flexibility index (Phi) is 5.89. The van der Waals surface area contributed by atoms with Crippen molar-refractivity contribution in [1.82, 2.24) is 0 Å². The van der Waals surface area contributed by atoms with Gasteiger partial charge >= 0.3 is 0 Å². The summed E-state index contributed by atoms with van der Waals surface area (Å²) in [6, 6.07) is 7.97. The van der Waals surface area contributed by atoms with Crippen LogP contribution in [0.2, 0.25) is 0 Å². The third kappa shape index (κ3) is 3.85.